The van der Waals surface area contributed by atoms with Gasteiger partial charge in [-0.1, -0.05) is 0 Å². The van der Waals surface area contributed by atoms with Crippen molar-refractivity contribution in [1.29, 1.82) is 10.5 Å². The number of carbonyl (C=O) groups is 1. The Morgan fingerprint density at radius 2 is 2.00 bits per heavy atom. The average molecular weight is 340 g/mol. The summed E-state index contributed by atoms with van der Waals surface area (Å²) in [4.78, 5) is 13.5. The summed E-state index contributed by atoms with van der Waals surface area (Å²) in [5.41, 5.74) is 0.346. The van der Waals surface area contributed by atoms with Gasteiger partial charge in [0.05, 0.1) is 25.8 Å². The van der Waals surface area contributed by atoms with Crippen LogP contribution < -0.4 is 0 Å². The van der Waals surface area contributed by atoms with Crippen molar-refractivity contribution in [2.45, 2.75) is 19.4 Å². The van der Waals surface area contributed by atoms with Gasteiger partial charge in [-0.3, -0.25) is 4.90 Å². The van der Waals surface area contributed by atoms with Crippen molar-refractivity contribution in [3.8, 4) is 12.1 Å². The maximum Gasteiger partial charge on any atom is 0.341 e. The molecule has 7 heteroatoms. The molecule has 6 nitrogen and oxygen atoms in total. The monoisotopic (exact) mass is 339 g/mol. The van der Waals surface area contributed by atoms with E-state index in [0.29, 0.717) is 48.5 Å². The predicted octanol–water partition coefficient (Wildman–Crippen LogP) is 2.46. The molecule has 0 amide bonds. The molecule has 0 spiro atoms. The topological polar surface area (TPSA) is 90.3 Å². The fourth-order valence-electron chi connectivity index (χ4n) is 1.69. The largest absolute Gasteiger partial charge is 0.465 e. The molecule has 1 aromatic heterocycles. The molecule has 0 atom stereocenters. The molecule has 0 saturated carbocycles. The summed E-state index contributed by atoms with van der Waals surface area (Å²) in [6, 6.07) is 5.67. The van der Waals surface area contributed by atoms with Crippen molar-refractivity contribution in [1.82, 2.24) is 4.90 Å². The second-order valence-corrected chi connectivity index (χ2v) is 4.75. The van der Waals surface area contributed by atoms with Gasteiger partial charge < -0.3 is 9.15 Å². The van der Waals surface area contributed by atoms with Crippen LogP contribution in [-0.2, 0) is 11.3 Å². The summed E-state index contributed by atoms with van der Waals surface area (Å²) < 4.78 is 10.6. The fraction of sp³-hybridized carbons (Fsp3) is 0.462. The Morgan fingerprint density at radius 3 is 2.50 bits per heavy atom. The van der Waals surface area contributed by atoms with Crippen molar-refractivity contribution >= 4 is 21.9 Å². The average Bonchev–Trinajstić information content (AvgIpc) is 2.81. The highest BCUT2D eigenvalue weighted by atomic mass is 79.9. The lowest BCUT2D eigenvalue weighted by Crippen LogP contribution is -2.26. The second kappa shape index (κ2) is 8.36. The minimum atomic E-state index is -0.477. The standard InChI is InChI=1S/C13H14BrN3O3/c1-19-13(18)10-8-12(14)20-11(10)9-17(6-2-4-15)7-3-5-16/h8H,2-3,6-7,9H2,1H3. The summed E-state index contributed by atoms with van der Waals surface area (Å²) in [6.45, 7) is 1.37. The first-order chi connectivity index (χ1) is 9.62. The third kappa shape index (κ3) is 4.69. The molecule has 0 bridgehead atoms. The zero-order chi connectivity index (χ0) is 15.0. The Bertz CT molecular complexity index is 524. The lowest BCUT2D eigenvalue weighted by molar-refractivity contribution is 0.0596. The van der Waals surface area contributed by atoms with Gasteiger partial charge in [0.1, 0.15) is 11.3 Å². The van der Waals surface area contributed by atoms with E-state index >= 15 is 0 Å². The first kappa shape index (κ1) is 16.2. The zero-order valence-corrected chi connectivity index (χ0v) is 12.6. The minimum absolute atomic E-state index is 0.346. The van der Waals surface area contributed by atoms with Crippen molar-refractivity contribution < 1.29 is 13.9 Å². The van der Waals surface area contributed by atoms with Crippen LogP contribution in [0, 0.1) is 22.7 Å². The molecule has 0 saturated heterocycles. The SMILES string of the molecule is COC(=O)c1cc(Br)oc1CN(CCC#N)CCC#N. The molecule has 0 aliphatic heterocycles. The third-order valence-corrected chi connectivity index (χ3v) is 3.02. The van der Waals surface area contributed by atoms with Crippen LogP contribution in [0.1, 0.15) is 29.0 Å². The first-order valence-corrected chi connectivity index (χ1v) is 6.74. The van der Waals surface area contributed by atoms with Crippen molar-refractivity contribution in [3.63, 3.8) is 0 Å². The molecule has 0 aliphatic rings. The fourth-order valence-corrected chi connectivity index (χ4v) is 2.11. The molecule has 0 fully saturated rings. The number of nitriles is 2. The van der Waals surface area contributed by atoms with Crippen molar-refractivity contribution in [2.24, 2.45) is 0 Å². The highest BCUT2D eigenvalue weighted by molar-refractivity contribution is 9.10. The number of rotatable bonds is 7. The van der Waals surface area contributed by atoms with E-state index in [4.69, 9.17) is 19.7 Å². The number of ether oxygens (including phenoxy) is 1. The first-order valence-electron chi connectivity index (χ1n) is 5.95. The Kier molecular flexibility index (Phi) is 6.78. The van der Waals surface area contributed by atoms with Gasteiger partial charge in [0.25, 0.3) is 0 Å². The van der Waals surface area contributed by atoms with Crippen LogP contribution in [0.4, 0.5) is 0 Å². The summed E-state index contributed by atoms with van der Waals surface area (Å²) in [5.74, 6) is -0.0189. The second-order valence-electron chi connectivity index (χ2n) is 3.97. The van der Waals surface area contributed by atoms with Crippen LogP contribution >= 0.6 is 15.9 Å². The molecular formula is C13H14BrN3O3. The molecule has 0 aliphatic carbocycles. The number of hydrogen-bond acceptors (Lipinski definition) is 6. The highest BCUT2D eigenvalue weighted by Crippen LogP contribution is 2.22. The normalized spacial score (nSPS) is 10.1. The molecule has 106 valence electrons. The third-order valence-electron chi connectivity index (χ3n) is 2.63. The van der Waals surface area contributed by atoms with E-state index in [9.17, 15) is 4.79 Å². The number of halogens is 1. The molecule has 0 unspecified atom stereocenters. The number of esters is 1. The minimum Gasteiger partial charge on any atom is -0.465 e. The van der Waals surface area contributed by atoms with Crippen LogP contribution in [0.15, 0.2) is 15.2 Å². The van der Waals surface area contributed by atoms with Crippen LogP contribution in [0.5, 0.6) is 0 Å². The van der Waals surface area contributed by atoms with Crippen molar-refractivity contribution in [3.05, 3.63) is 22.1 Å². The summed E-state index contributed by atoms with van der Waals surface area (Å²) >= 11 is 3.18. The maximum absolute atomic E-state index is 11.6. The summed E-state index contributed by atoms with van der Waals surface area (Å²) in [5, 5.41) is 17.3. The van der Waals surface area contributed by atoms with Gasteiger partial charge in [-0.05, 0) is 15.9 Å². The lowest BCUT2D eigenvalue weighted by Gasteiger charge is -2.18. The number of carbonyl (C=O) groups excluding carboxylic acids is 1. The Balaban J connectivity index is 2.84. The van der Waals surface area contributed by atoms with Crippen LogP contribution in [0.25, 0.3) is 0 Å². The van der Waals surface area contributed by atoms with E-state index in [0.717, 1.165) is 0 Å². The van der Waals surface area contributed by atoms with Crippen LogP contribution in [0.3, 0.4) is 0 Å². The van der Waals surface area contributed by atoms with Gasteiger partial charge >= 0.3 is 5.97 Å². The Morgan fingerprint density at radius 1 is 1.40 bits per heavy atom. The van der Waals surface area contributed by atoms with Crippen LogP contribution in [-0.4, -0.2) is 31.1 Å². The molecule has 0 radical (unpaired) electrons. The molecule has 0 N–H and O–H groups in total. The van der Waals surface area contributed by atoms with Crippen molar-refractivity contribution in [2.75, 3.05) is 20.2 Å². The summed E-state index contributed by atoms with van der Waals surface area (Å²) in [7, 11) is 1.30. The van der Waals surface area contributed by atoms with Gasteiger partial charge in [0.2, 0.25) is 0 Å². The number of furan rings is 1. The predicted molar refractivity (Wildman–Crippen MR) is 73.5 cm³/mol. The van der Waals surface area contributed by atoms with Crippen LogP contribution in [0.2, 0.25) is 0 Å². The molecule has 20 heavy (non-hydrogen) atoms. The number of hydrogen-bond donors (Lipinski definition) is 0. The molecule has 0 aromatic carbocycles. The lowest BCUT2D eigenvalue weighted by atomic mass is 10.2. The van der Waals surface area contributed by atoms with E-state index in [-0.39, 0.29) is 0 Å². The molecule has 1 rings (SSSR count). The van der Waals surface area contributed by atoms with E-state index in [1.807, 2.05) is 4.90 Å². The van der Waals surface area contributed by atoms with Gasteiger partial charge in [-0.25, -0.2) is 4.79 Å². The van der Waals surface area contributed by atoms with E-state index in [1.54, 1.807) is 6.07 Å². The van der Waals surface area contributed by atoms with Gasteiger partial charge in [0.15, 0.2) is 4.67 Å². The molecular weight excluding hydrogens is 326 g/mol. The van der Waals surface area contributed by atoms with E-state index < -0.39 is 5.97 Å². The summed E-state index contributed by atoms with van der Waals surface area (Å²) in [6.07, 6.45) is 0.696. The van der Waals surface area contributed by atoms with Gasteiger partial charge in [0, 0.05) is 32.0 Å². The van der Waals surface area contributed by atoms with E-state index in [1.165, 1.54) is 7.11 Å². The van der Waals surface area contributed by atoms with Gasteiger partial charge in [-0.15, -0.1) is 0 Å². The molecule has 1 heterocycles. The number of methoxy groups -OCH3 is 1. The highest BCUT2D eigenvalue weighted by Gasteiger charge is 2.19. The Hall–Kier alpha value is -1.83. The van der Waals surface area contributed by atoms with E-state index in [2.05, 4.69) is 28.1 Å². The van der Waals surface area contributed by atoms with Gasteiger partial charge in [-0.2, -0.15) is 10.5 Å². The zero-order valence-electron chi connectivity index (χ0n) is 11.1. The smallest absolute Gasteiger partial charge is 0.341 e. The Labute approximate surface area is 125 Å². The maximum atomic E-state index is 11.6. The number of nitrogens with zero attached hydrogens (tertiary/aromatic N) is 3. The quantitative estimate of drug-likeness (QED) is 0.708. The molecule has 1 aromatic rings.